The number of rotatable bonds is 3. The lowest BCUT2D eigenvalue weighted by atomic mass is 9.79. The largest absolute Gasteiger partial charge is 0.493 e. The van der Waals surface area contributed by atoms with Crippen LogP contribution in [-0.2, 0) is 0 Å². The predicted octanol–water partition coefficient (Wildman–Crippen LogP) is 2.29. The van der Waals surface area contributed by atoms with Crippen LogP contribution in [0.15, 0.2) is 48.5 Å². The molecule has 114 valence electrons. The second-order valence-corrected chi connectivity index (χ2v) is 5.60. The molecule has 4 nitrogen and oxygen atoms in total. The summed E-state index contributed by atoms with van der Waals surface area (Å²) in [5.41, 5.74) is 1.16. The number of aliphatic hydroxyl groups excluding tert-OH is 2. The molecule has 0 saturated carbocycles. The van der Waals surface area contributed by atoms with Crippen LogP contribution in [0.25, 0.3) is 11.1 Å². The SMILES string of the molecule is O=C1c2cc(-c3ccccc3)ccc2OCCC1(CO)CO. The Kier molecular flexibility index (Phi) is 3.96. The third kappa shape index (κ3) is 2.40. The third-order valence-electron chi connectivity index (χ3n) is 4.26. The molecule has 2 aromatic carbocycles. The van der Waals surface area contributed by atoms with Gasteiger partial charge in [0, 0.05) is 0 Å². The number of carbonyl (C=O) groups is 1. The lowest BCUT2D eigenvalue weighted by molar-refractivity contribution is 0.0345. The van der Waals surface area contributed by atoms with E-state index in [9.17, 15) is 15.0 Å². The molecule has 1 heterocycles. The number of ether oxygens (including phenoxy) is 1. The minimum atomic E-state index is -1.17. The molecule has 0 saturated heterocycles. The first-order chi connectivity index (χ1) is 10.7. The molecule has 0 radical (unpaired) electrons. The fourth-order valence-corrected chi connectivity index (χ4v) is 2.75. The third-order valence-corrected chi connectivity index (χ3v) is 4.26. The predicted molar refractivity (Wildman–Crippen MR) is 82.9 cm³/mol. The highest BCUT2D eigenvalue weighted by atomic mass is 16.5. The molecule has 0 aromatic heterocycles. The van der Waals surface area contributed by atoms with Crippen LogP contribution in [0, 0.1) is 5.41 Å². The van der Waals surface area contributed by atoms with Gasteiger partial charge >= 0.3 is 0 Å². The summed E-state index contributed by atoms with van der Waals surface area (Å²) in [5, 5.41) is 19.2. The smallest absolute Gasteiger partial charge is 0.177 e. The summed E-state index contributed by atoms with van der Waals surface area (Å²) in [4.78, 5) is 12.8. The summed E-state index contributed by atoms with van der Waals surface area (Å²) in [6, 6.07) is 15.2. The molecule has 2 N–H and O–H groups in total. The second-order valence-electron chi connectivity index (χ2n) is 5.60. The number of hydrogen-bond donors (Lipinski definition) is 2. The van der Waals surface area contributed by atoms with Crippen molar-refractivity contribution in [2.45, 2.75) is 6.42 Å². The Hall–Kier alpha value is -2.17. The average Bonchev–Trinajstić information content (AvgIpc) is 2.72. The van der Waals surface area contributed by atoms with Gasteiger partial charge in [0.2, 0.25) is 0 Å². The van der Waals surface area contributed by atoms with Gasteiger partial charge in [-0.25, -0.2) is 0 Å². The van der Waals surface area contributed by atoms with Crippen molar-refractivity contribution >= 4 is 5.78 Å². The van der Waals surface area contributed by atoms with Crippen LogP contribution >= 0.6 is 0 Å². The van der Waals surface area contributed by atoms with Gasteiger partial charge in [0.15, 0.2) is 5.78 Å². The Morgan fingerprint density at radius 2 is 1.73 bits per heavy atom. The zero-order valence-corrected chi connectivity index (χ0v) is 12.2. The monoisotopic (exact) mass is 298 g/mol. The van der Waals surface area contributed by atoms with E-state index in [-0.39, 0.29) is 19.0 Å². The summed E-state index contributed by atoms with van der Waals surface area (Å²) >= 11 is 0. The minimum Gasteiger partial charge on any atom is -0.493 e. The summed E-state index contributed by atoms with van der Waals surface area (Å²) in [7, 11) is 0. The molecule has 3 rings (SSSR count). The fourth-order valence-electron chi connectivity index (χ4n) is 2.75. The number of fused-ring (bicyclic) bond motifs is 1. The van der Waals surface area contributed by atoms with Gasteiger partial charge < -0.3 is 14.9 Å². The molecule has 0 amide bonds. The quantitative estimate of drug-likeness (QED) is 0.912. The van der Waals surface area contributed by atoms with Gasteiger partial charge in [-0.1, -0.05) is 36.4 Å². The van der Waals surface area contributed by atoms with Gasteiger partial charge in [-0.15, -0.1) is 0 Å². The Bertz CT molecular complexity index is 675. The van der Waals surface area contributed by atoms with Crippen molar-refractivity contribution in [3.05, 3.63) is 54.1 Å². The molecule has 2 aromatic rings. The van der Waals surface area contributed by atoms with Crippen molar-refractivity contribution in [3.63, 3.8) is 0 Å². The molecule has 22 heavy (non-hydrogen) atoms. The highest BCUT2D eigenvalue weighted by Crippen LogP contribution is 2.36. The lowest BCUT2D eigenvalue weighted by Gasteiger charge is -2.25. The van der Waals surface area contributed by atoms with Gasteiger partial charge in [-0.05, 0) is 29.7 Å². The Morgan fingerprint density at radius 1 is 1.00 bits per heavy atom. The maximum absolute atomic E-state index is 12.8. The molecule has 0 fully saturated rings. The first kappa shape index (κ1) is 14.8. The van der Waals surface area contributed by atoms with Gasteiger partial charge in [0.1, 0.15) is 5.75 Å². The van der Waals surface area contributed by atoms with E-state index in [2.05, 4.69) is 0 Å². The standard InChI is InChI=1S/C18H18O4/c19-11-18(12-20)8-9-22-16-7-6-14(10-15(16)17(18)21)13-4-2-1-3-5-13/h1-7,10,19-20H,8-9,11-12H2. The number of carbonyl (C=O) groups excluding carboxylic acids is 1. The summed E-state index contributed by atoms with van der Waals surface area (Å²) in [6.45, 7) is -0.480. The number of Topliss-reactive ketones (excluding diaryl/α,β-unsaturated/α-hetero) is 1. The molecule has 0 spiro atoms. The van der Waals surface area contributed by atoms with E-state index < -0.39 is 5.41 Å². The number of ketones is 1. The van der Waals surface area contributed by atoms with Crippen LogP contribution in [0.4, 0.5) is 0 Å². The molecule has 0 atom stereocenters. The summed E-state index contributed by atoms with van der Waals surface area (Å²) in [6.07, 6.45) is 0.300. The molecule has 4 heteroatoms. The van der Waals surface area contributed by atoms with Crippen LogP contribution < -0.4 is 4.74 Å². The maximum atomic E-state index is 12.8. The van der Waals surface area contributed by atoms with Gasteiger partial charge in [0.25, 0.3) is 0 Å². The van der Waals surface area contributed by atoms with Gasteiger partial charge in [-0.2, -0.15) is 0 Å². The normalized spacial score (nSPS) is 16.5. The van der Waals surface area contributed by atoms with E-state index in [0.29, 0.717) is 24.3 Å². The first-order valence-corrected chi connectivity index (χ1v) is 7.29. The average molecular weight is 298 g/mol. The first-order valence-electron chi connectivity index (χ1n) is 7.29. The van der Waals surface area contributed by atoms with Gasteiger partial charge in [-0.3, -0.25) is 4.79 Å². The highest BCUT2D eigenvalue weighted by molar-refractivity contribution is 6.04. The highest BCUT2D eigenvalue weighted by Gasteiger charge is 2.41. The van der Waals surface area contributed by atoms with Crippen molar-refractivity contribution in [1.29, 1.82) is 0 Å². The van der Waals surface area contributed by atoms with Crippen molar-refractivity contribution in [1.82, 2.24) is 0 Å². The van der Waals surface area contributed by atoms with Crippen LogP contribution in [0.1, 0.15) is 16.8 Å². The van der Waals surface area contributed by atoms with E-state index in [4.69, 9.17) is 4.74 Å². The van der Waals surface area contributed by atoms with Crippen LogP contribution in [0.2, 0.25) is 0 Å². The van der Waals surface area contributed by atoms with E-state index in [1.807, 2.05) is 36.4 Å². The van der Waals surface area contributed by atoms with Crippen LogP contribution in [-0.4, -0.2) is 35.8 Å². The molecule has 0 bridgehead atoms. The molecule has 0 aliphatic carbocycles. The van der Waals surface area contributed by atoms with E-state index in [1.165, 1.54) is 0 Å². The topological polar surface area (TPSA) is 66.8 Å². The van der Waals surface area contributed by atoms with Crippen molar-refractivity contribution < 1.29 is 19.7 Å². The zero-order valence-electron chi connectivity index (χ0n) is 12.2. The molecule has 1 aliphatic heterocycles. The number of benzene rings is 2. The van der Waals surface area contributed by atoms with E-state index >= 15 is 0 Å². The minimum absolute atomic E-state index is 0.261. The summed E-state index contributed by atoms with van der Waals surface area (Å²) in [5.74, 6) is 0.247. The molecular formula is C18H18O4. The van der Waals surface area contributed by atoms with Crippen molar-refractivity contribution in [2.24, 2.45) is 5.41 Å². The fraction of sp³-hybridized carbons (Fsp3) is 0.278. The Morgan fingerprint density at radius 3 is 2.41 bits per heavy atom. The van der Waals surface area contributed by atoms with Crippen LogP contribution in [0.5, 0.6) is 5.75 Å². The zero-order chi connectivity index (χ0) is 15.6. The summed E-state index contributed by atoms with van der Waals surface area (Å²) < 4.78 is 5.63. The number of aliphatic hydroxyl groups is 2. The Labute approximate surface area is 129 Å². The van der Waals surface area contributed by atoms with Crippen molar-refractivity contribution in [3.8, 4) is 16.9 Å². The molecule has 0 unspecified atom stereocenters. The van der Waals surface area contributed by atoms with E-state index in [0.717, 1.165) is 11.1 Å². The van der Waals surface area contributed by atoms with Gasteiger partial charge in [0.05, 0.1) is 30.8 Å². The second kappa shape index (κ2) is 5.91. The Balaban J connectivity index is 2.09. The van der Waals surface area contributed by atoms with Crippen molar-refractivity contribution in [2.75, 3.05) is 19.8 Å². The van der Waals surface area contributed by atoms with Crippen LogP contribution in [0.3, 0.4) is 0 Å². The lowest BCUT2D eigenvalue weighted by Crippen LogP contribution is -2.38. The molecular weight excluding hydrogens is 280 g/mol. The number of hydrogen-bond acceptors (Lipinski definition) is 4. The van der Waals surface area contributed by atoms with E-state index in [1.54, 1.807) is 12.1 Å². The molecule has 1 aliphatic rings. The maximum Gasteiger partial charge on any atom is 0.177 e.